The van der Waals surface area contributed by atoms with Crippen LogP contribution in [0.25, 0.3) is 0 Å². The van der Waals surface area contributed by atoms with E-state index in [1.807, 2.05) is 0 Å². The zero-order chi connectivity index (χ0) is 15.2. The van der Waals surface area contributed by atoms with Crippen molar-refractivity contribution in [1.29, 1.82) is 0 Å². The van der Waals surface area contributed by atoms with Crippen LogP contribution in [-0.2, 0) is 4.79 Å². The molecular formula is C17H25NO3. The molecule has 21 heavy (non-hydrogen) atoms. The van der Waals surface area contributed by atoms with Gasteiger partial charge < -0.3 is 15.2 Å². The van der Waals surface area contributed by atoms with Crippen LogP contribution in [0, 0.1) is 19.8 Å². The van der Waals surface area contributed by atoms with Crippen molar-refractivity contribution < 1.29 is 14.6 Å². The minimum atomic E-state index is -0.647. The van der Waals surface area contributed by atoms with Gasteiger partial charge in [0.15, 0.2) is 0 Å². The van der Waals surface area contributed by atoms with E-state index in [0.717, 1.165) is 43.5 Å². The molecule has 0 bridgehead atoms. The highest BCUT2D eigenvalue weighted by Gasteiger charge is 2.25. The average Bonchev–Trinajstić information content (AvgIpc) is 2.47. The van der Waals surface area contributed by atoms with Gasteiger partial charge in [0.25, 0.3) is 0 Å². The summed E-state index contributed by atoms with van der Waals surface area (Å²) in [5.41, 5.74) is 2.36. The van der Waals surface area contributed by atoms with Crippen LogP contribution in [0.5, 0.6) is 5.75 Å². The maximum atomic E-state index is 10.9. The summed E-state index contributed by atoms with van der Waals surface area (Å²) >= 11 is 0. The van der Waals surface area contributed by atoms with Gasteiger partial charge in [-0.1, -0.05) is 12.1 Å². The van der Waals surface area contributed by atoms with E-state index in [9.17, 15) is 4.79 Å². The second kappa shape index (κ2) is 7.46. The van der Waals surface area contributed by atoms with Crippen molar-refractivity contribution in [3.8, 4) is 5.75 Å². The minimum absolute atomic E-state index is 0.144. The maximum Gasteiger partial charge on any atom is 0.306 e. The Morgan fingerprint density at radius 3 is 2.67 bits per heavy atom. The van der Waals surface area contributed by atoms with Crippen LogP contribution in [-0.4, -0.2) is 30.3 Å². The van der Waals surface area contributed by atoms with Crippen LogP contribution in [0.2, 0.25) is 0 Å². The molecule has 0 radical (unpaired) electrons. The first-order valence-electron chi connectivity index (χ1n) is 7.72. The Morgan fingerprint density at radius 2 is 2.00 bits per heavy atom. The highest BCUT2D eigenvalue weighted by molar-refractivity contribution is 5.70. The van der Waals surface area contributed by atoms with Gasteiger partial charge in [-0.25, -0.2) is 0 Å². The molecule has 0 aliphatic heterocycles. The first kappa shape index (κ1) is 15.8. The van der Waals surface area contributed by atoms with Gasteiger partial charge in [0.05, 0.1) is 5.92 Å². The number of rotatable bonds is 6. The fourth-order valence-corrected chi connectivity index (χ4v) is 2.83. The van der Waals surface area contributed by atoms with Gasteiger partial charge in [-0.2, -0.15) is 0 Å². The maximum absolute atomic E-state index is 10.9. The Balaban J connectivity index is 1.66. The summed E-state index contributed by atoms with van der Waals surface area (Å²) in [6.07, 6.45) is 3.45. The molecule has 0 atom stereocenters. The first-order valence-corrected chi connectivity index (χ1v) is 7.72. The summed E-state index contributed by atoms with van der Waals surface area (Å²) in [5, 5.41) is 12.4. The van der Waals surface area contributed by atoms with E-state index in [1.54, 1.807) is 0 Å². The number of aryl methyl sites for hydroxylation is 2. The highest BCUT2D eigenvalue weighted by Crippen LogP contribution is 2.24. The molecule has 116 valence electrons. The Morgan fingerprint density at radius 1 is 1.29 bits per heavy atom. The number of carbonyl (C=O) groups is 1. The Hall–Kier alpha value is -1.55. The Labute approximate surface area is 126 Å². The number of hydrogen-bond donors (Lipinski definition) is 2. The lowest BCUT2D eigenvalue weighted by Gasteiger charge is -2.27. The monoisotopic (exact) mass is 291 g/mol. The van der Waals surface area contributed by atoms with Crippen LogP contribution in [0.3, 0.4) is 0 Å². The summed E-state index contributed by atoms with van der Waals surface area (Å²) in [7, 11) is 0. The van der Waals surface area contributed by atoms with Gasteiger partial charge >= 0.3 is 5.97 Å². The largest absolute Gasteiger partial charge is 0.492 e. The van der Waals surface area contributed by atoms with Gasteiger partial charge in [0, 0.05) is 12.6 Å². The number of hydrogen-bond acceptors (Lipinski definition) is 3. The Kier molecular flexibility index (Phi) is 5.62. The molecule has 0 aromatic heterocycles. The second-order valence-corrected chi connectivity index (χ2v) is 5.96. The average molecular weight is 291 g/mol. The van der Waals surface area contributed by atoms with Gasteiger partial charge in [-0.15, -0.1) is 0 Å². The van der Waals surface area contributed by atoms with Crippen molar-refractivity contribution in [1.82, 2.24) is 5.32 Å². The molecule has 0 saturated heterocycles. The van der Waals surface area contributed by atoms with Crippen LogP contribution in [0.15, 0.2) is 18.2 Å². The zero-order valence-electron chi connectivity index (χ0n) is 12.9. The van der Waals surface area contributed by atoms with Crippen molar-refractivity contribution in [2.75, 3.05) is 13.2 Å². The number of ether oxygens (including phenoxy) is 1. The van der Waals surface area contributed by atoms with E-state index in [4.69, 9.17) is 9.84 Å². The van der Waals surface area contributed by atoms with Gasteiger partial charge in [0.1, 0.15) is 12.4 Å². The molecule has 1 saturated carbocycles. The quantitative estimate of drug-likeness (QED) is 0.791. The summed E-state index contributed by atoms with van der Waals surface area (Å²) in [4.78, 5) is 10.9. The molecular weight excluding hydrogens is 266 g/mol. The SMILES string of the molecule is Cc1ccc(C)c(OCCNC2CCC(C(=O)O)CC2)c1. The summed E-state index contributed by atoms with van der Waals surface area (Å²) in [5.74, 6) is 0.160. The number of aliphatic carboxylic acids is 1. The molecule has 2 rings (SSSR count). The molecule has 2 N–H and O–H groups in total. The molecule has 1 aromatic rings. The smallest absolute Gasteiger partial charge is 0.306 e. The lowest BCUT2D eigenvalue weighted by molar-refractivity contribution is -0.142. The van der Waals surface area contributed by atoms with E-state index < -0.39 is 5.97 Å². The number of carboxylic acids is 1. The topological polar surface area (TPSA) is 58.6 Å². The van der Waals surface area contributed by atoms with E-state index >= 15 is 0 Å². The van der Waals surface area contributed by atoms with Gasteiger partial charge in [-0.3, -0.25) is 4.79 Å². The molecule has 4 nitrogen and oxygen atoms in total. The fraction of sp³-hybridized carbons (Fsp3) is 0.588. The summed E-state index contributed by atoms with van der Waals surface area (Å²) < 4.78 is 5.81. The van der Waals surface area contributed by atoms with Crippen molar-refractivity contribution in [3.63, 3.8) is 0 Å². The molecule has 1 aromatic carbocycles. The first-order chi connectivity index (χ1) is 10.1. The molecule has 1 aliphatic rings. The van der Waals surface area contributed by atoms with Crippen molar-refractivity contribution in [3.05, 3.63) is 29.3 Å². The van der Waals surface area contributed by atoms with Crippen LogP contribution in [0.4, 0.5) is 0 Å². The summed E-state index contributed by atoms with van der Waals surface area (Å²) in [6.45, 7) is 5.56. The molecule has 1 fully saturated rings. The van der Waals surface area contributed by atoms with E-state index in [-0.39, 0.29) is 5.92 Å². The number of carboxylic acid groups (broad SMARTS) is 1. The lowest BCUT2D eigenvalue weighted by atomic mass is 9.86. The highest BCUT2D eigenvalue weighted by atomic mass is 16.5. The predicted molar refractivity (Wildman–Crippen MR) is 82.8 cm³/mol. The van der Waals surface area contributed by atoms with Gasteiger partial charge in [-0.05, 0) is 56.7 Å². The molecule has 0 heterocycles. The molecule has 1 aliphatic carbocycles. The van der Waals surface area contributed by atoms with Crippen LogP contribution in [0.1, 0.15) is 36.8 Å². The Bertz CT molecular complexity index is 479. The summed E-state index contributed by atoms with van der Waals surface area (Å²) in [6, 6.07) is 6.66. The van der Waals surface area contributed by atoms with Gasteiger partial charge in [0.2, 0.25) is 0 Å². The molecule has 0 unspecified atom stereocenters. The van der Waals surface area contributed by atoms with Crippen LogP contribution < -0.4 is 10.1 Å². The molecule has 0 amide bonds. The zero-order valence-corrected chi connectivity index (χ0v) is 12.9. The van der Waals surface area contributed by atoms with Crippen molar-refractivity contribution >= 4 is 5.97 Å². The third kappa shape index (κ3) is 4.74. The third-order valence-corrected chi connectivity index (χ3v) is 4.21. The molecule has 0 spiro atoms. The third-order valence-electron chi connectivity index (χ3n) is 4.21. The van der Waals surface area contributed by atoms with Crippen molar-refractivity contribution in [2.24, 2.45) is 5.92 Å². The van der Waals surface area contributed by atoms with E-state index in [2.05, 4.69) is 37.4 Å². The van der Waals surface area contributed by atoms with Crippen molar-refractivity contribution in [2.45, 2.75) is 45.6 Å². The normalized spacial score (nSPS) is 22.0. The number of benzene rings is 1. The second-order valence-electron chi connectivity index (χ2n) is 5.96. The van der Waals surface area contributed by atoms with Crippen LogP contribution >= 0.6 is 0 Å². The lowest BCUT2D eigenvalue weighted by Crippen LogP contribution is -2.37. The van der Waals surface area contributed by atoms with E-state index in [1.165, 1.54) is 5.56 Å². The standard InChI is InChI=1S/C17H25NO3/c1-12-3-4-13(2)16(11-12)21-10-9-18-15-7-5-14(6-8-15)17(19)20/h3-4,11,14-15,18H,5-10H2,1-2H3,(H,19,20). The predicted octanol–water partition coefficient (Wildman–Crippen LogP) is 2.92. The number of nitrogens with one attached hydrogen (secondary N) is 1. The fourth-order valence-electron chi connectivity index (χ4n) is 2.83. The minimum Gasteiger partial charge on any atom is -0.492 e. The molecule has 4 heteroatoms. The van der Waals surface area contributed by atoms with E-state index in [0.29, 0.717) is 12.6 Å².